The highest BCUT2D eigenvalue weighted by Gasteiger charge is 2.09. The van der Waals surface area contributed by atoms with Crippen LogP contribution < -0.4 is 4.74 Å². The van der Waals surface area contributed by atoms with Crippen LogP contribution in [0.15, 0.2) is 24.3 Å². The predicted octanol–water partition coefficient (Wildman–Crippen LogP) is 3.67. The number of ether oxygens (including phenoxy) is 2. The minimum atomic E-state index is -0.252. The van der Waals surface area contributed by atoms with Crippen LogP contribution in [0, 0.1) is 0 Å². The van der Waals surface area contributed by atoms with Crippen LogP contribution in [0.25, 0.3) is 0 Å². The summed E-state index contributed by atoms with van der Waals surface area (Å²) in [6.07, 6.45) is 3.61. The van der Waals surface area contributed by atoms with Gasteiger partial charge >= 0.3 is 11.9 Å². The lowest BCUT2D eigenvalue weighted by molar-refractivity contribution is -0.144. The van der Waals surface area contributed by atoms with Gasteiger partial charge in [0.05, 0.1) is 6.61 Å². The molecule has 0 radical (unpaired) electrons. The van der Waals surface area contributed by atoms with Crippen molar-refractivity contribution in [2.45, 2.75) is 52.4 Å². The number of unbranched alkanes of at least 4 members (excludes halogenated alkanes) is 1. The first-order valence-corrected chi connectivity index (χ1v) is 7.61. The smallest absolute Gasteiger partial charge is 0.311 e. The van der Waals surface area contributed by atoms with Gasteiger partial charge in [-0.05, 0) is 37.3 Å². The first kappa shape index (κ1) is 17.2. The molecule has 1 aromatic carbocycles. The number of carbonyl (C=O) groups is 2. The first-order valence-electron chi connectivity index (χ1n) is 7.61. The summed E-state index contributed by atoms with van der Waals surface area (Å²) in [5.74, 6) is 0.187. The Morgan fingerprint density at radius 1 is 1.00 bits per heavy atom. The summed E-state index contributed by atoms with van der Waals surface area (Å²) >= 11 is 0. The van der Waals surface area contributed by atoms with Crippen molar-refractivity contribution in [3.05, 3.63) is 29.8 Å². The van der Waals surface area contributed by atoms with E-state index in [4.69, 9.17) is 9.47 Å². The molecule has 0 spiro atoms. The second kappa shape index (κ2) is 9.97. The molecule has 0 amide bonds. The number of hydrogen-bond acceptors (Lipinski definition) is 4. The number of hydrogen-bond donors (Lipinski definition) is 0. The van der Waals surface area contributed by atoms with Gasteiger partial charge < -0.3 is 9.47 Å². The third-order valence-corrected chi connectivity index (χ3v) is 3.06. The highest BCUT2D eigenvalue weighted by molar-refractivity contribution is 5.73. The zero-order chi connectivity index (χ0) is 15.5. The van der Waals surface area contributed by atoms with Crippen LogP contribution in [-0.4, -0.2) is 18.5 Å². The van der Waals surface area contributed by atoms with E-state index in [9.17, 15) is 9.59 Å². The topological polar surface area (TPSA) is 52.6 Å². The summed E-state index contributed by atoms with van der Waals surface area (Å²) in [5.41, 5.74) is 1.02. The molecule has 21 heavy (non-hydrogen) atoms. The van der Waals surface area contributed by atoms with E-state index >= 15 is 0 Å². The van der Waals surface area contributed by atoms with Gasteiger partial charge in [-0.15, -0.1) is 0 Å². The maximum Gasteiger partial charge on any atom is 0.311 e. The molecule has 0 atom stereocenters. The number of carbonyl (C=O) groups excluding carboxylic acids is 2. The van der Waals surface area contributed by atoms with Gasteiger partial charge in [0.2, 0.25) is 0 Å². The van der Waals surface area contributed by atoms with Crippen molar-refractivity contribution in [2.75, 3.05) is 6.61 Å². The van der Waals surface area contributed by atoms with E-state index in [2.05, 4.69) is 0 Å². The highest BCUT2D eigenvalue weighted by atomic mass is 16.5. The third kappa shape index (κ3) is 6.93. The predicted molar refractivity (Wildman–Crippen MR) is 81.2 cm³/mol. The molecule has 0 aliphatic heterocycles. The minimum absolute atomic E-state index is 0.193. The fraction of sp³-hybridized carbons (Fsp3) is 0.529. The monoisotopic (exact) mass is 292 g/mol. The van der Waals surface area contributed by atoms with E-state index in [0.717, 1.165) is 18.4 Å². The summed E-state index contributed by atoms with van der Waals surface area (Å²) in [5, 5.41) is 0. The van der Waals surface area contributed by atoms with E-state index in [-0.39, 0.29) is 11.9 Å². The second-order valence-electron chi connectivity index (χ2n) is 4.86. The SMILES string of the molecule is CCCOC(=O)CCCCC(=O)Oc1ccccc1CC. The lowest BCUT2D eigenvalue weighted by Gasteiger charge is -2.08. The Kier molecular flexibility index (Phi) is 8.17. The fourth-order valence-corrected chi connectivity index (χ4v) is 1.90. The first-order chi connectivity index (χ1) is 10.2. The molecule has 0 aliphatic rings. The molecule has 0 aromatic heterocycles. The quantitative estimate of drug-likeness (QED) is 0.396. The molecule has 0 bridgehead atoms. The van der Waals surface area contributed by atoms with Gasteiger partial charge in [0.25, 0.3) is 0 Å². The maximum atomic E-state index is 11.8. The molecule has 4 heteroatoms. The Hall–Kier alpha value is -1.84. The van der Waals surface area contributed by atoms with Crippen LogP contribution in [-0.2, 0) is 20.7 Å². The molecule has 0 unspecified atom stereocenters. The Bertz CT molecular complexity index is 454. The summed E-state index contributed by atoms with van der Waals surface area (Å²) in [7, 11) is 0. The van der Waals surface area contributed by atoms with Gasteiger partial charge in [-0.1, -0.05) is 32.0 Å². The maximum absolute atomic E-state index is 11.8. The molecule has 4 nitrogen and oxygen atoms in total. The fourth-order valence-electron chi connectivity index (χ4n) is 1.90. The normalized spacial score (nSPS) is 10.2. The van der Waals surface area contributed by atoms with Crippen molar-refractivity contribution in [1.82, 2.24) is 0 Å². The van der Waals surface area contributed by atoms with Crippen molar-refractivity contribution in [3.8, 4) is 5.75 Å². The average Bonchev–Trinajstić information content (AvgIpc) is 2.50. The standard InChI is InChI=1S/C17H24O4/c1-3-13-20-16(18)11-7-8-12-17(19)21-15-10-6-5-9-14(15)4-2/h5-6,9-10H,3-4,7-8,11-13H2,1-2H3. The van der Waals surface area contributed by atoms with Crippen LogP contribution in [0.5, 0.6) is 5.75 Å². The molecular formula is C17H24O4. The number of benzene rings is 1. The Morgan fingerprint density at radius 3 is 2.33 bits per heavy atom. The van der Waals surface area contributed by atoms with E-state index in [1.54, 1.807) is 6.07 Å². The molecular weight excluding hydrogens is 268 g/mol. The van der Waals surface area contributed by atoms with Crippen molar-refractivity contribution in [2.24, 2.45) is 0 Å². The summed E-state index contributed by atoms with van der Waals surface area (Å²) in [4.78, 5) is 23.0. The zero-order valence-electron chi connectivity index (χ0n) is 12.9. The van der Waals surface area contributed by atoms with E-state index < -0.39 is 0 Å². The summed E-state index contributed by atoms with van der Waals surface area (Å²) in [6, 6.07) is 7.54. The molecule has 0 N–H and O–H groups in total. The van der Waals surface area contributed by atoms with Crippen molar-refractivity contribution in [3.63, 3.8) is 0 Å². The van der Waals surface area contributed by atoms with E-state index in [1.165, 1.54) is 0 Å². The van der Waals surface area contributed by atoms with Gasteiger partial charge in [0.1, 0.15) is 5.75 Å². The van der Waals surface area contributed by atoms with Gasteiger partial charge in [-0.2, -0.15) is 0 Å². The van der Waals surface area contributed by atoms with Crippen LogP contribution >= 0.6 is 0 Å². The summed E-state index contributed by atoms with van der Waals surface area (Å²) in [6.45, 7) is 4.45. The molecule has 116 valence electrons. The number of rotatable bonds is 9. The largest absolute Gasteiger partial charge is 0.466 e. The lowest BCUT2D eigenvalue weighted by atomic mass is 10.1. The molecule has 0 aliphatic carbocycles. The minimum Gasteiger partial charge on any atom is -0.466 e. The molecule has 0 saturated carbocycles. The van der Waals surface area contributed by atoms with Crippen LogP contribution in [0.2, 0.25) is 0 Å². The van der Waals surface area contributed by atoms with Crippen LogP contribution in [0.3, 0.4) is 0 Å². The zero-order valence-corrected chi connectivity index (χ0v) is 12.9. The van der Waals surface area contributed by atoms with Gasteiger partial charge in [0, 0.05) is 12.8 Å². The van der Waals surface area contributed by atoms with Crippen molar-refractivity contribution in [1.29, 1.82) is 0 Å². The Labute approximate surface area is 126 Å². The third-order valence-electron chi connectivity index (χ3n) is 3.06. The molecule has 1 rings (SSSR count). The number of para-hydroxylation sites is 1. The van der Waals surface area contributed by atoms with Gasteiger partial charge in [-0.3, -0.25) is 9.59 Å². The Balaban J connectivity index is 2.24. The van der Waals surface area contributed by atoms with Crippen LogP contribution in [0.4, 0.5) is 0 Å². The van der Waals surface area contributed by atoms with Crippen molar-refractivity contribution < 1.29 is 19.1 Å². The lowest BCUT2D eigenvalue weighted by Crippen LogP contribution is -2.10. The second-order valence-corrected chi connectivity index (χ2v) is 4.86. The molecule has 1 aromatic rings. The van der Waals surface area contributed by atoms with Crippen LogP contribution in [0.1, 0.15) is 51.5 Å². The summed E-state index contributed by atoms with van der Waals surface area (Å²) < 4.78 is 10.3. The highest BCUT2D eigenvalue weighted by Crippen LogP contribution is 2.19. The molecule has 0 fully saturated rings. The van der Waals surface area contributed by atoms with Gasteiger partial charge in [-0.25, -0.2) is 0 Å². The van der Waals surface area contributed by atoms with E-state index in [0.29, 0.717) is 38.0 Å². The number of esters is 2. The van der Waals surface area contributed by atoms with E-state index in [1.807, 2.05) is 32.0 Å². The van der Waals surface area contributed by atoms with Gasteiger partial charge in [0.15, 0.2) is 0 Å². The number of aryl methyl sites for hydroxylation is 1. The Morgan fingerprint density at radius 2 is 1.67 bits per heavy atom. The van der Waals surface area contributed by atoms with Crippen molar-refractivity contribution >= 4 is 11.9 Å². The molecule has 0 saturated heterocycles. The average molecular weight is 292 g/mol. The molecule has 0 heterocycles.